The minimum Gasteiger partial charge on any atom is -0.392 e. The van der Waals surface area contributed by atoms with Crippen molar-refractivity contribution < 1.29 is 5.11 Å². The Balaban J connectivity index is 1.38. The maximum atomic E-state index is 10.6. The molecule has 0 saturated heterocycles. The Hall–Kier alpha value is -1.38. The lowest BCUT2D eigenvalue weighted by Gasteiger charge is -2.18. The van der Waals surface area contributed by atoms with Crippen LogP contribution in [0.15, 0.2) is 48.1 Å². The molecule has 1 aromatic rings. The Labute approximate surface area is 178 Å². The quantitative estimate of drug-likeness (QED) is 0.337. The fourth-order valence-electron chi connectivity index (χ4n) is 5.24. The number of aliphatic hydroxyl groups is 1. The number of hydrogen-bond donors (Lipinski definition) is 2. The second kappa shape index (κ2) is 11.7. The van der Waals surface area contributed by atoms with Crippen LogP contribution in [0.25, 0.3) is 0 Å². The number of rotatable bonds is 12. The smallest absolute Gasteiger partial charge is 0.0611 e. The van der Waals surface area contributed by atoms with Crippen LogP contribution in [0.5, 0.6) is 0 Å². The summed E-state index contributed by atoms with van der Waals surface area (Å²) in [6, 6.07) is 8.80. The first-order valence-electron chi connectivity index (χ1n) is 12.0. The minimum atomic E-state index is -0.150. The predicted molar refractivity (Wildman–Crippen MR) is 124 cm³/mol. The van der Waals surface area contributed by atoms with Crippen LogP contribution in [0.1, 0.15) is 69.4 Å². The SMILES string of the molecule is CCCNCCCCCC1=C[C@H]2C[C@@H](O)[C@H](C=CCCc3cccc(C)c3)[C@H]2C1. The molecule has 0 heterocycles. The Morgan fingerprint density at radius 1 is 1.14 bits per heavy atom. The number of aryl methyl sites for hydroxylation is 2. The van der Waals surface area contributed by atoms with E-state index in [1.54, 1.807) is 5.57 Å². The number of benzene rings is 1. The van der Waals surface area contributed by atoms with Gasteiger partial charge in [-0.2, -0.15) is 0 Å². The average Bonchev–Trinajstić information content (AvgIpc) is 3.21. The van der Waals surface area contributed by atoms with Crippen LogP contribution in [-0.4, -0.2) is 24.3 Å². The van der Waals surface area contributed by atoms with Crippen molar-refractivity contribution in [2.24, 2.45) is 17.8 Å². The van der Waals surface area contributed by atoms with Gasteiger partial charge in [0, 0.05) is 5.92 Å². The van der Waals surface area contributed by atoms with Gasteiger partial charge < -0.3 is 10.4 Å². The lowest BCUT2D eigenvalue weighted by molar-refractivity contribution is 0.141. The van der Waals surface area contributed by atoms with Crippen molar-refractivity contribution >= 4 is 0 Å². The Morgan fingerprint density at radius 2 is 2.03 bits per heavy atom. The van der Waals surface area contributed by atoms with E-state index in [9.17, 15) is 5.11 Å². The molecule has 2 heteroatoms. The molecule has 2 aliphatic rings. The Bertz CT molecular complexity index is 677. The molecular formula is C27H41NO. The standard InChI is InChI=1S/C27H41NO/c1-3-15-28-16-8-4-5-12-23-18-24-20-27(29)25(26(24)19-23)14-7-6-11-22-13-9-10-21(2)17-22/h7,9-10,13-14,17-18,24-29H,3-6,8,11-12,15-16,19-20H2,1-2H3/t24-,25+,26-,27+/m0/s1. The summed E-state index contributed by atoms with van der Waals surface area (Å²) in [7, 11) is 0. The van der Waals surface area contributed by atoms with E-state index in [0.29, 0.717) is 17.8 Å². The first-order chi connectivity index (χ1) is 14.2. The third-order valence-electron chi connectivity index (χ3n) is 6.77. The van der Waals surface area contributed by atoms with Gasteiger partial charge in [0.25, 0.3) is 0 Å². The third-order valence-corrected chi connectivity index (χ3v) is 6.77. The highest BCUT2D eigenvalue weighted by molar-refractivity contribution is 5.23. The van der Waals surface area contributed by atoms with E-state index in [2.05, 4.69) is 61.7 Å². The van der Waals surface area contributed by atoms with Crippen LogP contribution in [0.4, 0.5) is 0 Å². The number of unbranched alkanes of at least 4 members (excludes halogenated alkanes) is 2. The van der Waals surface area contributed by atoms with Crippen molar-refractivity contribution in [2.75, 3.05) is 13.1 Å². The van der Waals surface area contributed by atoms with Gasteiger partial charge in [0.15, 0.2) is 0 Å². The molecule has 2 aliphatic carbocycles. The number of allylic oxidation sites excluding steroid dienone is 3. The van der Waals surface area contributed by atoms with Crippen molar-refractivity contribution in [1.82, 2.24) is 5.32 Å². The second-order valence-electron chi connectivity index (χ2n) is 9.25. The van der Waals surface area contributed by atoms with Crippen molar-refractivity contribution in [3.63, 3.8) is 0 Å². The zero-order chi connectivity index (χ0) is 20.5. The fourth-order valence-corrected chi connectivity index (χ4v) is 5.24. The number of aliphatic hydroxyl groups excluding tert-OH is 1. The highest BCUT2D eigenvalue weighted by Crippen LogP contribution is 2.48. The molecule has 0 radical (unpaired) electrons. The third kappa shape index (κ3) is 6.83. The van der Waals surface area contributed by atoms with Crippen LogP contribution in [-0.2, 0) is 6.42 Å². The van der Waals surface area contributed by atoms with Gasteiger partial charge >= 0.3 is 0 Å². The molecule has 0 unspecified atom stereocenters. The summed E-state index contributed by atoms with van der Waals surface area (Å²) in [5.41, 5.74) is 4.41. The maximum absolute atomic E-state index is 10.6. The zero-order valence-corrected chi connectivity index (χ0v) is 18.6. The topological polar surface area (TPSA) is 32.3 Å². The van der Waals surface area contributed by atoms with Gasteiger partial charge in [-0.3, -0.25) is 0 Å². The molecule has 3 rings (SSSR count). The molecule has 29 heavy (non-hydrogen) atoms. The van der Waals surface area contributed by atoms with Crippen molar-refractivity contribution in [3.8, 4) is 0 Å². The lowest BCUT2D eigenvalue weighted by Crippen LogP contribution is -2.17. The first-order valence-corrected chi connectivity index (χ1v) is 12.0. The first kappa shape index (κ1) is 22.3. The summed E-state index contributed by atoms with van der Waals surface area (Å²) in [5, 5.41) is 14.1. The molecule has 0 bridgehead atoms. The van der Waals surface area contributed by atoms with Gasteiger partial charge in [-0.1, -0.05) is 67.0 Å². The summed E-state index contributed by atoms with van der Waals surface area (Å²) in [4.78, 5) is 0. The van der Waals surface area contributed by atoms with E-state index in [1.165, 1.54) is 56.2 Å². The maximum Gasteiger partial charge on any atom is 0.0611 e. The highest BCUT2D eigenvalue weighted by atomic mass is 16.3. The van der Waals surface area contributed by atoms with Gasteiger partial charge in [0.1, 0.15) is 0 Å². The molecule has 2 N–H and O–H groups in total. The lowest BCUT2D eigenvalue weighted by atomic mass is 9.88. The van der Waals surface area contributed by atoms with E-state index >= 15 is 0 Å². The van der Waals surface area contributed by atoms with Gasteiger partial charge in [0.2, 0.25) is 0 Å². The van der Waals surface area contributed by atoms with Gasteiger partial charge in [0.05, 0.1) is 6.10 Å². The van der Waals surface area contributed by atoms with Crippen LogP contribution >= 0.6 is 0 Å². The zero-order valence-electron chi connectivity index (χ0n) is 18.6. The molecular weight excluding hydrogens is 354 g/mol. The number of nitrogens with one attached hydrogen (secondary N) is 1. The number of fused-ring (bicyclic) bond motifs is 1. The molecule has 0 spiro atoms. The molecule has 160 valence electrons. The summed E-state index contributed by atoms with van der Waals surface area (Å²) < 4.78 is 0. The largest absolute Gasteiger partial charge is 0.392 e. The Kier molecular flexibility index (Phi) is 9.01. The van der Waals surface area contributed by atoms with E-state index < -0.39 is 0 Å². The summed E-state index contributed by atoms with van der Waals surface area (Å²) in [6.07, 6.45) is 17.8. The number of hydrogen-bond acceptors (Lipinski definition) is 2. The fraction of sp³-hybridized carbons (Fsp3) is 0.630. The molecule has 1 fully saturated rings. The van der Waals surface area contributed by atoms with Gasteiger partial charge in [-0.15, -0.1) is 0 Å². The highest BCUT2D eigenvalue weighted by Gasteiger charge is 2.42. The van der Waals surface area contributed by atoms with Crippen molar-refractivity contribution in [2.45, 2.75) is 77.7 Å². The molecule has 2 nitrogen and oxygen atoms in total. The van der Waals surface area contributed by atoms with Gasteiger partial charge in [-0.25, -0.2) is 0 Å². The van der Waals surface area contributed by atoms with Crippen LogP contribution in [0.2, 0.25) is 0 Å². The van der Waals surface area contributed by atoms with Crippen molar-refractivity contribution in [3.05, 3.63) is 59.2 Å². The second-order valence-corrected chi connectivity index (χ2v) is 9.25. The molecule has 0 aliphatic heterocycles. The summed E-state index contributed by atoms with van der Waals surface area (Å²) in [6.45, 7) is 6.69. The van der Waals surface area contributed by atoms with E-state index in [1.807, 2.05) is 0 Å². The molecule has 1 aromatic carbocycles. The Morgan fingerprint density at radius 3 is 2.86 bits per heavy atom. The summed E-state index contributed by atoms with van der Waals surface area (Å²) >= 11 is 0. The van der Waals surface area contributed by atoms with Crippen LogP contribution in [0.3, 0.4) is 0 Å². The van der Waals surface area contributed by atoms with E-state index in [4.69, 9.17) is 0 Å². The van der Waals surface area contributed by atoms with Crippen LogP contribution < -0.4 is 5.32 Å². The molecule has 0 amide bonds. The summed E-state index contributed by atoms with van der Waals surface area (Å²) in [5.74, 6) is 1.60. The monoisotopic (exact) mass is 395 g/mol. The predicted octanol–water partition coefficient (Wildman–Crippen LogP) is 5.99. The van der Waals surface area contributed by atoms with Crippen LogP contribution in [0, 0.1) is 24.7 Å². The molecule has 1 saturated carbocycles. The minimum absolute atomic E-state index is 0.150. The van der Waals surface area contributed by atoms with Crippen molar-refractivity contribution in [1.29, 1.82) is 0 Å². The molecule has 4 atom stereocenters. The van der Waals surface area contributed by atoms with E-state index in [0.717, 1.165) is 25.8 Å². The van der Waals surface area contributed by atoms with E-state index in [-0.39, 0.29) is 6.10 Å². The molecule has 0 aromatic heterocycles. The van der Waals surface area contributed by atoms with Gasteiger partial charge in [-0.05, 0) is 88.8 Å². The normalized spacial score (nSPS) is 26.2. The average molecular weight is 396 g/mol.